The minimum absolute atomic E-state index is 0.0640. The van der Waals surface area contributed by atoms with Crippen LogP contribution in [0, 0.1) is 6.92 Å². The second-order valence-electron chi connectivity index (χ2n) is 7.02. The number of sulfonamides is 2. The van der Waals surface area contributed by atoms with E-state index in [-0.39, 0.29) is 42.4 Å². The molecule has 0 bridgehead atoms. The summed E-state index contributed by atoms with van der Waals surface area (Å²) in [7, 11) is -6.09. The zero-order valence-corrected chi connectivity index (χ0v) is 18.4. The average molecular weight is 453 g/mol. The van der Waals surface area contributed by atoms with E-state index in [0.717, 1.165) is 0 Å². The van der Waals surface area contributed by atoms with Gasteiger partial charge in [-0.3, -0.25) is 0 Å². The summed E-state index contributed by atoms with van der Waals surface area (Å²) < 4.78 is 58.7. The first-order chi connectivity index (χ1) is 14.1. The number of hydrogen-bond acceptors (Lipinski definition) is 6. The van der Waals surface area contributed by atoms with E-state index in [1.54, 1.807) is 31.2 Å². The number of esters is 1. The number of nitrogens with zero attached hydrogens (tertiary/aromatic N) is 2. The lowest BCUT2D eigenvalue weighted by molar-refractivity contribution is 0.0600. The Morgan fingerprint density at radius 1 is 0.933 bits per heavy atom. The van der Waals surface area contributed by atoms with Gasteiger partial charge >= 0.3 is 5.97 Å². The summed E-state index contributed by atoms with van der Waals surface area (Å²) in [6.45, 7) is 1.92. The number of carbonyl (C=O) groups excluding carboxylic acids is 1. The highest BCUT2D eigenvalue weighted by atomic mass is 32.2. The predicted octanol–water partition coefficient (Wildman–Crippen LogP) is 1.62. The number of piperazine rings is 1. The van der Waals surface area contributed by atoms with Gasteiger partial charge in [0, 0.05) is 26.2 Å². The molecule has 10 heteroatoms. The third-order valence-corrected chi connectivity index (χ3v) is 8.91. The monoisotopic (exact) mass is 452 g/mol. The van der Waals surface area contributed by atoms with Crippen LogP contribution in [0.25, 0.3) is 0 Å². The molecule has 0 N–H and O–H groups in total. The molecule has 162 valence electrons. The fraction of sp³-hybridized carbons (Fsp3) is 0.350. The molecule has 1 heterocycles. The second-order valence-corrected chi connectivity index (χ2v) is 10.9. The fourth-order valence-electron chi connectivity index (χ4n) is 3.39. The Morgan fingerprint density at radius 3 is 2.10 bits per heavy atom. The predicted molar refractivity (Wildman–Crippen MR) is 112 cm³/mol. The number of ether oxygens (including phenoxy) is 1. The van der Waals surface area contributed by atoms with E-state index >= 15 is 0 Å². The van der Waals surface area contributed by atoms with Crippen molar-refractivity contribution in [1.29, 1.82) is 0 Å². The average Bonchev–Trinajstić information content (AvgIpc) is 2.73. The molecule has 3 rings (SSSR count). The van der Waals surface area contributed by atoms with Gasteiger partial charge in [-0.25, -0.2) is 21.6 Å². The lowest BCUT2D eigenvalue weighted by Gasteiger charge is -2.33. The first-order valence-corrected chi connectivity index (χ1v) is 12.4. The molecule has 2 aromatic rings. The molecule has 0 aliphatic carbocycles. The molecule has 1 saturated heterocycles. The molecular formula is C20H24N2O6S2. The zero-order chi connectivity index (χ0) is 21.9. The summed E-state index contributed by atoms with van der Waals surface area (Å²) >= 11 is 0. The van der Waals surface area contributed by atoms with Crippen LogP contribution in [0.4, 0.5) is 0 Å². The molecule has 0 atom stereocenters. The van der Waals surface area contributed by atoms with E-state index in [1.165, 1.54) is 33.9 Å². The molecule has 1 aliphatic heterocycles. The lowest BCUT2D eigenvalue weighted by atomic mass is 10.1. The minimum Gasteiger partial charge on any atom is -0.465 e. The zero-order valence-electron chi connectivity index (χ0n) is 16.8. The molecule has 8 nitrogen and oxygen atoms in total. The number of benzene rings is 2. The van der Waals surface area contributed by atoms with Gasteiger partial charge in [-0.15, -0.1) is 0 Å². The molecule has 1 fully saturated rings. The van der Waals surface area contributed by atoms with Crippen molar-refractivity contribution in [2.75, 3.05) is 33.3 Å². The molecule has 0 unspecified atom stereocenters. The molecule has 0 radical (unpaired) electrons. The van der Waals surface area contributed by atoms with Crippen molar-refractivity contribution in [1.82, 2.24) is 8.61 Å². The first-order valence-electron chi connectivity index (χ1n) is 9.36. The van der Waals surface area contributed by atoms with Crippen molar-refractivity contribution in [3.8, 4) is 0 Å². The molecule has 0 saturated carbocycles. The molecule has 30 heavy (non-hydrogen) atoms. The Kier molecular flexibility index (Phi) is 6.61. The van der Waals surface area contributed by atoms with Crippen molar-refractivity contribution in [2.24, 2.45) is 0 Å². The van der Waals surface area contributed by atoms with Gasteiger partial charge in [0.25, 0.3) is 0 Å². The number of methoxy groups -OCH3 is 1. The van der Waals surface area contributed by atoms with E-state index in [0.29, 0.717) is 11.1 Å². The molecule has 0 spiro atoms. The molecule has 0 aromatic heterocycles. The summed E-state index contributed by atoms with van der Waals surface area (Å²) in [6.07, 6.45) is 0. The summed E-state index contributed by atoms with van der Waals surface area (Å²) in [5.74, 6) is -0.659. The van der Waals surface area contributed by atoms with Crippen molar-refractivity contribution in [3.05, 3.63) is 65.2 Å². The van der Waals surface area contributed by atoms with Crippen LogP contribution in [-0.2, 0) is 30.5 Å². The maximum absolute atomic E-state index is 13.0. The van der Waals surface area contributed by atoms with Crippen LogP contribution < -0.4 is 0 Å². The maximum Gasteiger partial charge on any atom is 0.337 e. The van der Waals surface area contributed by atoms with Gasteiger partial charge < -0.3 is 4.74 Å². The van der Waals surface area contributed by atoms with Gasteiger partial charge in [0.1, 0.15) is 0 Å². The van der Waals surface area contributed by atoms with Crippen molar-refractivity contribution >= 4 is 26.0 Å². The van der Waals surface area contributed by atoms with Crippen LogP contribution in [0.2, 0.25) is 0 Å². The van der Waals surface area contributed by atoms with Crippen LogP contribution in [0.3, 0.4) is 0 Å². The third-order valence-electron chi connectivity index (χ3n) is 5.00. The Labute approximate surface area is 177 Å². The van der Waals surface area contributed by atoms with Crippen LogP contribution in [0.15, 0.2) is 53.4 Å². The summed E-state index contributed by atoms with van der Waals surface area (Å²) in [5.41, 5.74) is 1.39. The Morgan fingerprint density at radius 2 is 1.53 bits per heavy atom. The van der Waals surface area contributed by atoms with Crippen LogP contribution >= 0.6 is 0 Å². The van der Waals surface area contributed by atoms with Gasteiger partial charge in [0.2, 0.25) is 20.0 Å². The van der Waals surface area contributed by atoms with E-state index in [2.05, 4.69) is 4.74 Å². The summed E-state index contributed by atoms with van der Waals surface area (Å²) in [5, 5.41) is 0. The smallest absolute Gasteiger partial charge is 0.337 e. The Bertz CT molecular complexity index is 1120. The van der Waals surface area contributed by atoms with Crippen molar-refractivity contribution < 1.29 is 26.4 Å². The number of aryl methyl sites for hydroxylation is 1. The van der Waals surface area contributed by atoms with Crippen molar-refractivity contribution in [3.63, 3.8) is 0 Å². The standard InChI is InChI=1S/C20H24N2O6S2/c1-16-14-18(20(23)28-2)8-9-19(16)30(26,27)22-12-10-21(11-13-22)29(24,25)15-17-6-4-3-5-7-17/h3-9,14H,10-13,15H2,1-2H3. The highest BCUT2D eigenvalue weighted by molar-refractivity contribution is 7.89. The third kappa shape index (κ3) is 4.72. The minimum atomic E-state index is -3.81. The Hall–Kier alpha value is -2.27. The Balaban J connectivity index is 1.72. The quantitative estimate of drug-likeness (QED) is 0.618. The van der Waals surface area contributed by atoms with Gasteiger partial charge in [0.15, 0.2) is 0 Å². The SMILES string of the molecule is COC(=O)c1ccc(S(=O)(=O)N2CCN(S(=O)(=O)Cc3ccccc3)CC2)c(C)c1. The fourth-order valence-corrected chi connectivity index (χ4v) is 6.53. The molecule has 2 aromatic carbocycles. The largest absolute Gasteiger partial charge is 0.465 e. The number of carbonyl (C=O) groups is 1. The maximum atomic E-state index is 13.0. The van der Waals surface area contributed by atoms with Gasteiger partial charge in [0.05, 0.1) is 23.3 Å². The normalized spacial score (nSPS) is 16.3. The van der Waals surface area contributed by atoms with Gasteiger partial charge in [-0.1, -0.05) is 30.3 Å². The molecule has 1 aliphatic rings. The van der Waals surface area contributed by atoms with E-state index < -0.39 is 26.0 Å². The molecule has 0 amide bonds. The van der Waals surface area contributed by atoms with Crippen LogP contribution in [0.5, 0.6) is 0 Å². The first kappa shape index (κ1) is 22.4. The van der Waals surface area contributed by atoms with E-state index in [9.17, 15) is 21.6 Å². The van der Waals surface area contributed by atoms with Crippen molar-refractivity contribution in [2.45, 2.75) is 17.6 Å². The lowest BCUT2D eigenvalue weighted by Crippen LogP contribution is -2.50. The van der Waals surface area contributed by atoms with Gasteiger partial charge in [-0.2, -0.15) is 8.61 Å². The topological polar surface area (TPSA) is 101 Å². The summed E-state index contributed by atoms with van der Waals surface area (Å²) in [6, 6.07) is 13.1. The highest BCUT2D eigenvalue weighted by Gasteiger charge is 2.33. The second kappa shape index (κ2) is 8.84. The van der Waals surface area contributed by atoms with Crippen LogP contribution in [-0.4, -0.2) is 64.7 Å². The highest BCUT2D eigenvalue weighted by Crippen LogP contribution is 2.24. The van der Waals surface area contributed by atoms with Crippen LogP contribution in [0.1, 0.15) is 21.5 Å². The van der Waals surface area contributed by atoms with E-state index in [1.807, 2.05) is 6.07 Å². The van der Waals surface area contributed by atoms with Gasteiger partial charge in [-0.05, 0) is 36.2 Å². The molecular weight excluding hydrogens is 428 g/mol. The van der Waals surface area contributed by atoms with E-state index in [4.69, 9.17) is 0 Å². The summed E-state index contributed by atoms with van der Waals surface area (Å²) in [4.78, 5) is 11.7. The number of rotatable bonds is 6. The number of hydrogen-bond donors (Lipinski definition) is 0.